The fraction of sp³-hybridized carbons (Fsp3) is 0.0909. The summed E-state index contributed by atoms with van der Waals surface area (Å²) in [5.74, 6) is 1.02. The highest BCUT2D eigenvalue weighted by Crippen LogP contribution is 2.33. The first-order chi connectivity index (χ1) is 12.8. The maximum Gasteiger partial charge on any atom is 0.292 e. The van der Waals surface area contributed by atoms with Crippen molar-refractivity contribution in [3.63, 3.8) is 0 Å². The summed E-state index contributed by atoms with van der Waals surface area (Å²) in [6.45, 7) is 4.00. The lowest BCUT2D eigenvalue weighted by atomic mass is 9.94. The van der Waals surface area contributed by atoms with Gasteiger partial charge in [0.25, 0.3) is 12.5 Å². The zero-order valence-electron chi connectivity index (χ0n) is 14.6. The highest BCUT2D eigenvalue weighted by Gasteiger charge is 2.07. The monoisotopic (exact) mass is 342 g/mol. The van der Waals surface area contributed by atoms with E-state index in [0.29, 0.717) is 11.5 Å². The molecule has 3 aromatic carbocycles. The maximum absolute atomic E-state index is 8.56. The summed E-state index contributed by atoms with van der Waals surface area (Å²) in [6, 6.07) is 22.7. The van der Waals surface area contributed by atoms with Gasteiger partial charge in [0, 0.05) is 0 Å². The standard InChI is InChI=1S/C20H12N2O2.C2H6/c21-13-23-17-9-5-15(6-10-17)19-3-1-2-4-20(19)16-7-11-18(12-8-16)24-14-22;1-2/h1-12H;1-2H3. The predicted octanol–water partition coefficient (Wildman–Crippen LogP) is 5.77. The summed E-state index contributed by atoms with van der Waals surface area (Å²) in [7, 11) is 0. The fourth-order valence-electron chi connectivity index (χ4n) is 2.50. The molecule has 0 aliphatic carbocycles. The second-order valence-corrected chi connectivity index (χ2v) is 4.98. The summed E-state index contributed by atoms with van der Waals surface area (Å²) >= 11 is 0. The van der Waals surface area contributed by atoms with Crippen LogP contribution in [0.4, 0.5) is 0 Å². The van der Waals surface area contributed by atoms with Gasteiger partial charge in [-0.2, -0.15) is 0 Å². The molecule has 3 rings (SSSR count). The average molecular weight is 342 g/mol. The molecule has 0 N–H and O–H groups in total. The molecule has 0 saturated heterocycles. The number of nitrogens with zero attached hydrogens (tertiary/aromatic N) is 2. The Bertz CT molecular complexity index is 840. The van der Waals surface area contributed by atoms with E-state index in [2.05, 4.69) is 0 Å². The van der Waals surface area contributed by atoms with Crippen LogP contribution in [-0.2, 0) is 0 Å². The Morgan fingerprint density at radius 1 is 0.577 bits per heavy atom. The summed E-state index contributed by atoms with van der Waals surface area (Å²) in [4.78, 5) is 0. The van der Waals surface area contributed by atoms with E-state index in [1.165, 1.54) is 0 Å². The Labute approximate surface area is 153 Å². The van der Waals surface area contributed by atoms with E-state index in [1.54, 1.807) is 36.8 Å². The topological polar surface area (TPSA) is 66.0 Å². The van der Waals surface area contributed by atoms with Crippen LogP contribution in [-0.4, -0.2) is 0 Å². The molecule has 0 fully saturated rings. The number of rotatable bonds is 4. The van der Waals surface area contributed by atoms with Gasteiger partial charge >= 0.3 is 0 Å². The smallest absolute Gasteiger partial charge is 0.292 e. The van der Waals surface area contributed by atoms with Crippen molar-refractivity contribution in [3.8, 4) is 46.3 Å². The first-order valence-corrected chi connectivity index (χ1v) is 8.23. The van der Waals surface area contributed by atoms with Gasteiger partial charge in [0.2, 0.25) is 0 Å². The van der Waals surface area contributed by atoms with Crippen LogP contribution in [0.1, 0.15) is 13.8 Å². The van der Waals surface area contributed by atoms with Gasteiger partial charge in [-0.15, -0.1) is 10.5 Å². The van der Waals surface area contributed by atoms with Gasteiger partial charge < -0.3 is 9.47 Å². The van der Waals surface area contributed by atoms with E-state index < -0.39 is 0 Å². The quantitative estimate of drug-likeness (QED) is 0.565. The third-order valence-electron chi connectivity index (χ3n) is 3.58. The highest BCUT2D eigenvalue weighted by atomic mass is 16.5. The Morgan fingerprint density at radius 3 is 1.23 bits per heavy atom. The molecule has 128 valence electrons. The Morgan fingerprint density at radius 2 is 0.923 bits per heavy atom. The lowest BCUT2D eigenvalue weighted by molar-refractivity contribution is 0.507. The molecule has 3 aromatic rings. The first-order valence-electron chi connectivity index (χ1n) is 8.23. The van der Waals surface area contributed by atoms with Crippen LogP contribution < -0.4 is 9.47 Å². The van der Waals surface area contributed by atoms with Gasteiger partial charge in [-0.25, -0.2) is 0 Å². The molecule has 0 aromatic heterocycles. The fourth-order valence-corrected chi connectivity index (χ4v) is 2.50. The second-order valence-electron chi connectivity index (χ2n) is 4.98. The molecule has 0 unspecified atom stereocenters. The van der Waals surface area contributed by atoms with Crippen LogP contribution in [0.3, 0.4) is 0 Å². The third-order valence-corrected chi connectivity index (χ3v) is 3.58. The second kappa shape index (κ2) is 9.52. The summed E-state index contributed by atoms with van der Waals surface area (Å²) in [5.41, 5.74) is 4.17. The molecular weight excluding hydrogens is 324 g/mol. The molecule has 0 radical (unpaired) electrons. The van der Waals surface area contributed by atoms with Gasteiger partial charge in [-0.1, -0.05) is 62.4 Å². The van der Waals surface area contributed by atoms with Crippen LogP contribution in [0.15, 0.2) is 72.8 Å². The number of benzene rings is 3. The Kier molecular flexibility index (Phi) is 6.80. The summed E-state index contributed by atoms with van der Waals surface area (Å²) in [5, 5.41) is 17.1. The molecule has 0 spiro atoms. The molecule has 0 saturated carbocycles. The number of nitriles is 2. The van der Waals surface area contributed by atoms with Crippen LogP contribution in [0.25, 0.3) is 22.3 Å². The van der Waals surface area contributed by atoms with Crippen molar-refractivity contribution < 1.29 is 9.47 Å². The third kappa shape index (κ3) is 4.41. The van der Waals surface area contributed by atoms with Crippen LogP contribution in [0.5, 0.6) is 11.5 Å². The lowest BCUT2D eigenvalue weighted by Gasteiger charge is -2.11. The zero-order chi connectivity index (χ0) is 18.8. The van der Waals surface area contributed by atoms with Crippen LogP contribution in [0, 0.1) is 23.0 Å². The zero-order valence-corrected chi connectivity index (χ0v) is 14.6. The molecule has 4 heteroatoms. The molecule has 0 amide bonds. The molecule has 0 atom stereocenters. The molecular formula is C22H18N2O2. The van der Waals surface area contributed by atoms with E-state index >= 15 is 0 Å². The predicted molar refractivity (Wildman–Crippen MR) is 101 cm³/mol. The number of hydrogen-bond acceptors (Lipinski definition) is 4. The largest absolute Gasteiger partial charge is 0.388 e. The molecule has 0 aliphatic heterocycles. The van der Waals surface area contributed by atoms with Crippen molar-refractivity contribution in [2.75, 3.05) is 0 Å². The van der Waals surface area contributed by atoms with E-state index in [4.69, 9.17) is 20.0 Å². The van der Waals surface area contributed by atoms with E-state index in [1.807, 2.05) is 62.4 Å². The highest BCUT2D eigenvalue weighted by molar-refractivity contribution is 5.83. The summed E-state index contributed by atoms with van der Waals surface area (Å²) < 4.78 is 9.63. The van der Waals surface area contributed by atoms with Crippen molar-refractivity contribution in [2.24, 2.45) is 0 Å². The molecule has 4 nitrogen and oxygen atoms in total. The van der Waals surface area contributed by atoms with Crippen LogP contribution >= 0.6 is 0 Å². The normalized spacial score (nSPS) is 9.08. The van der Waals surface area contributed by atoms with Crippen molar-refractivity contribution in [3.05, 3.63) is 72.8 Å². The molecule has 0 bridgehead atoms. The minimum absolute atomic E-state index is 0.511. The summed E-state index contributed by atoms with van der Waals surface area (Å²) in [6.07, 6.45) is 3.32. The Hall–Kier alpha value is -3.76. The van der Waals surface area contributed by atoms with E-state index in [0.717, 1.165) is 22.3 Å². The maximum atomic E-state index is 8.56. The van der Waals surface area contributed by atoms with Gasteiger partial charge in [0.05, 0.1) is 0 Å². The lowest BCUT2D eigenvalue weighted by Crippen LogP contribution is -1.87. The van der Waals surface area contributed by atoms with Gasteiger partial charge in [-0.3, -0.25) is 0 Å². The number of hydrogen-bond donors (Lipinski definition) is 0. The minimum atomic E-state index is 0.511. The average Bonchev–Trinajstić information content (AvgIpc) is 2.71. The minimum Gasteiger partial charge on any atom is -0.388 e. The van der Waals surface area contributed by atoms with Crippen LogP contribution in [0.2, 0.25) is 0 Å². The van der Waals surface area contributed by atoms with Gasteiger partial charge in [0.1, 0.15) is 11.5 Å². The van der Waals surface area contributed by atoms with Crippen molar-refractivity contribution in [2.45, 2.75) is 13.8 Å². The van der Waals surface area contributed by atoms with Crippen molar-refractivity contribution in [1.82, 2.24) is 0 Å². The molecule has 0 heterocycles. The molecule has 0 aliphatic rings. The SMILES string of the molecule is CC.N#COc1ccc(-c2ccccc2-c2ccc(OC#N)cc2)cc1. The van der Waals surface area contributed by atoms with E-state index in [9.17, 15) is 0 Å². The van der Waals surface area contributed by atoms with Gasteiger partial charge in [0.15, 0.2) is 0 Å². The number of ether oxygens (including phenoxy) is 2. The van der Waals surface area contributed by atoms with Gasteiger partial charge in [-0.05, 0) is 46.5 Å². The van der Waals surface area contributed by atoms with Crippen molar-refractivity contribution >= 4 is 0 Å². The van der Waals surface area contributed by atoms with E-state index in [-0.39, 0.29) is 0 Å². The van der Waals surface area contributed by atoms with Crippen molar-refractivity contribution in [1.29, 1.82) is 10.5 Å². The Balaban J connectivity index is 0.00000117. The first kappa shape index (κ1) is 18.6. The molecule has 26 heavy (non-hydrogen) atoms.